The summed E-state index contributed by atoms with van der Waals surface area (Å²) in [6.45, 7) is 0.799. The van der Waals surface area contributed by atoms with E-state index in [2.05, 4.69) is 51.9 Å². The second kappa shape index (κ2) is 10.4. The van der Waals surface area contributed by atoms with Crippen molar-refractivity contribution in [3.8, 4) is 16.9 Å². The minimum absolute atomic E-state index is 0.192. The van der Waals surface area contributed by atoms with E-state index in [1.165, 1.54) is 10.8 Å². The first-order chi connectivity index (χ1) is 18.7. The number of nitrogens with one attached hydrogen (secondary N) is 1. The van der Waals surface area contributed by atoms with Crippen molar-refractivity contribution in [3.05, 3.63) is 133 Å². The van der Waals surface area contributed by atoms with Crippen molar-refractivity contribution in [2.45, 2.75) is 13.3 Å². The van der Waals surface area contributed by atoms with Crippen LogP contribution in [0.25, 0.3) is 21.9 Å². The molecule has 0 atom stereocenters. The van der Waals surface area contributed by atoms with Crippen LogP contribution >= 0.6 is 0 Å². The summed E-state index contributed by atoms with van der Waals surface area (Å²) in [7, 11) is 0. The van der Waals surface area contributed by atoms with Crippen LogP contribution < -0.4 is 10.1 Å². The zero-order valence-corrected chi connectivity index (χ0v) is 20.6. The van der Waals surface area contributed by atoms with Crippen LogP contribution in [0.2, 0.25) is 0 Å². The molecular weight excluding hydrogens is 474 g/mol. The zero-order valence-electron chi connectivity index (χ0n) is 20.6. The van der Waals surface area contributed by atoms with Crippen LogP contribution in [-0.2, 0) is 13.3 Å². The van der Waals surface area contributed by atoms with E-state index in [9.17, 15) is 4.79 Å². The van der Waals surface area contributed by atoms with Gasteiger partial charge in [0.2, 0.25) is 0 Å². The second-order valence-corrected chi connectivity index (χ2v) is 8.90. The van der Waals surface area contributed by atoms with Gasteiger partial charge < -0.3 is 10.1 Å². The van der Waals surface area contributed by atoms with Crippen molar-refractivity contribution in [3.63, 3.8) is 0 Å². The summed E-state index contributed by atoms with van der Waals surface area (Å²) < 4.78 is 9.23. The summed E-state index contributed by atoms with van der Waals surface area (Å²) in [6, 6.07) is 36.0. The molecule has 6 rings (SSSR count). The Bertz CT molecular complexity index is 1680. The van der Waals surface area contributed by atoms with E-state index in [4.69, 9.17) is 4.74 Å². The SMILES string of the molecule is O=C(Nc1ccn(Cc2cccc3ccccc23)n1)c1ccn(COc2ccc(-c3ccccc3)cc2)n1. The molecule has 7 heteroatoms. The van der Waals surface area contributed by atoms with Gasteiger partial charge in [-0.2, -0.15) is 10.2 Å². The number of carbonyl (C=O) groups is 1. The minimum Gasteiger partial charge on any atom is -0.471 e. The van der Waals surface area contributed by atoms with Crippen LogP contribution in [0.1, 0.15) is 16.1 Å². The summed E-state index contributed by atoms with van der Waals surface area (Å²) in [5, 5.41) is 14.1. The van der Waals surface area contributed by atoms with Gasteiger partial charge in [-0.3, -0.25) is 9.48 Å². The quantitative estimate of drug-likeness (QED) is 0.269. The fourth-order valence-corrected chi connectivity index (χ4v) is 4.37. The average Bonchev–Trinajstić information content (AvgIpc) is 3.63. The molecule has 6 aromatic rings. The molecule has 7 nitrogen and oxygen atoms in total. The molecule has 2 heterocycles. The zero-order chi connectivity index (χ0) is 25.7. The number of hydrogen-bond donors (Lipinski definition) is 1. The van der Waals surface area contributed by atoms with E-state index in [1.54, 1.807) is 23.0 Å². The summed E-state index contributed by atoms with van der Waals surface area (Å²) in [4.78, 5) is 12.7. The molecule has 186 valence electrons. The Labute approximate surface area is 219 Å². The lowest BCUT2D eigenvalue weighted by Crippen LogP contribution is -2.15. The Morgan fingerprint density at radius 3 is 2.32 bits per heavy atom. The van der Waals surface area contributed by atoms with Gasteiger partial charge in [-0.1, -0.05) is 84.9 Å². The summed E-state index contributed by atoms with van der Waals surface area (Å²) in [5.41, 5.74) is 3.73. The monoisotopic (exact) mass is 499 g/mol. The maximum Gasteiger partial charge on any atom is 0.277 e. The largest absolute Gasteiger partial charge is 0.471 e. The van der Waals surface area contributed by atoms with Gasteiger partial charge in [-0.25, -0.2) is 4.68 Å². The van der Waals surface area contributed by atoms with Crippen LogP contribution in [0.5, 0.6) is 5.75 Å². The first-order valence-corrected chi connectivity index (χ1v) is 12.3. The number of rotatable bonds is 8. The molecule has 0 saturated heterocycles. The Balaban J connectivity index is 1.05. The maximum absolute atomic E-state index is 12.7. The van der Waals surface area contributed by atoms with Crippen LogP contribution in [-0.4, -0.2) is 25.5 Å². The van der Waals surface area contributed by atoms with Crippen LogP contribution in [0.4, 0.5) is 5.82 Å². The number of hydrogen-bond acceptors (Lipinski definition) is 4. The molecule has 0 unspecified atom stereocenters. The van der Waals surface area contributed by atoms with Crippen molar-refractivity contribution in [1.82, 2.24) is 19.6 Å². The normalized spacial score (nSPS) is 10.9. The molecule has 0 aliphatic carbocycles. The highest BCUT2D eigenvalue weighted by Crippen LogP contribution is 2.22. The molecule has 0 aliphatic rings. The smallest absolute Gasteiger partial charge is 0.277 e. The second-order valence-electron chi connectivity index (χ2n) is 8.90. The molecule has 0 aliphatic heterocycles. The summed E-state index contributed by atoms with van der Waals surface area (Å²) >= 11 is 0. The van der Waals surface area contributed by atoms with E-state index >= 15 is 0 Å². The highest BCUT2D eigenvalue weighted by atomic mass is 16.5. The van der Waals surface area contributed by atoms with Crippen molar-refractivity contribution < 1.29 is 9.53 Å². The predicted molar refractivity (Wildman–Crippen MR) is 148 cm³/mol. The standard InChI is InChI=1S/C31H25N5O2/c37-31(32-30-18-20-35(34-30)21-26-11-6-10-25-9-4-5-12-28(25)26)29-17-19-36(33-29)22-38-27-15-13-24(14-16-27)23-7-2-1-3-8-23/h1-20H,21-22H2,(H,32,34,37). The summed E-state index contributed by atoms with van der Waals surface area (Å²) in [6.07, 6.45) is 3.57. The van der Waals surface area contributed by atoms with Gasteiger partial charge in [0.05, 0.1) is 6.54 Å². The molecular formula is C31H25N5O2. The molecule has 1 N–H and O–H groups in total. The number of carbonyl (C=O) groups excluding carboxylic acids is 1. The first-order valence-electron chi connectivity index (χ1n) is 12.3. The number of nitrogens with zero attached hydrogens (tertiary/aromatic N) is 4. The van der Waals surface area contributed by atoms with Gasteiger partial charge in [-0.05, 0) is 45.7 Å². The number of aromatic nitrogens is 4. The number of ether oxygens (including phenoxy) is 1. The molecule has 1 amide bonds. The summed E-state index contributed by atoms with van der Waals surface area (Å²) in [5.74, 6) is 0.869. The Morgan fingerprint density at radius 2 is 1.45 bits per heavy atom. The molecule has 38 heavy (non-hydrogen) atoms. The lowest BCUT2D eigenvalue weighted by molar-refractivity contribution is 0.101. The van der Waals surface area contributed by atoms with Gasteiger partial charge in [0.1, 0.15) is 5.75 Å². The van der Waals surface area contributed by atoms with Crippen LogP contribution in [0.15, 0.2) is 122 Å². The topological polar surface area (TPSA) is 74.0 Å². The van der Waals surface area contributed by atoms with Gasteiger partial charge in [0.15, 0.2) is 18.2 Å². The lowest BCUT2D eigenvalue weighted by atomic mass is 10.0. The molecule has 0 bridgehead atoms. The third kappa shape index (κ3) is 5.17. The number of fused-ring (bicyclic) bond motifs is 1. The van der Waals surface area contributed by atoms with E-state index < -0.39 is 0 Å². The molecule has 0 spiro atoms. The maximum atomic E-state index is 12.7. The van der Waals surface area contributed by atoms with Crippen molar-refractivity contribution in [2.75, 3.05) is 5.32 Å². The van der Waals surface area contributed by atoms with Crippen molar-refractivity contribution >= 4 is 22.5 Å². The third-order valence-electron chi connectivity index (χ3n) is 6.29. The first kappa shape index (κ1) is 23.2. The molecule has 2 aromatic heterocycles. The molecule has 0 fully saturated rings. The van der Waals surface area contributed by atoms with Gasteiger partial charge in [-0.15, -0.1) is 0 Å². The van der Waals surface area contributed by atoms with Crippen molar-refractivity contribution in [1.29, 1.82) is 0 Å². The number of benzene rings is 4. The number of anilines is 1. The molecule has 0 saturated carbocycles. The molecule has 0 radical (unpaired) electrons. The fourth-order valence-electron chi connectivity index (χ4n) is 4.37. The Kier molecular flexibility index (Phi) is 6.39. The van der Waals surface area contributed by atoms with Gasteiger partial charge >= 0.3 is 0 Å². The fraction of sp³-hybridized carbons (Fsp3) is 0.0645. The van der Waals surface area contributed by atoms with E-state index in [0.717, 1.165) is 22.4 Å². The van der Waals surface area contributed by atoms with E-state index in [1.807, 2.05) is 71.5 Å². The Hall–Kier alpha value is -5.17. The average molecular weight is 500 g/mol. The highest BCUT2D eigenvalue weighted by Gasteiger charge is 2.12. The van der Waals surface area contributed by atoms with Crippen LogP contribution in [0, 0.1) is 0 Å². The minimum atomic E-state index is -0.327. The van der Waals surface area contributed by atoms with E-state index in [0.29, 0.717) is 12.4 Å². The molecule has 4 aromatic carbocycles. The highest BCUT2D eigenvalue weighted by molar-refractivity contribution is 6.02. The number of amides is 1. The Morgan fingerprint density at radius 1 is 0.711 bits per heavy atom. The van der Waals surface area contributed by atoms with Crippen LogP contribution in [0.3, 0.4) is 0 Å². The lowest BCUT2D eigenvalue weighted by Gasteiger charge is -2.07. The van der Waals surface area contributed by atoms with Gasteiger partial charge in [0, 0.05) is 18.5 Å². The van der Waals surface area contributed by atoms with Crippen molar-refractivity contribution in [2.24, 2.45) is 0 Å². The van der Waals surface area contributed by atoms with Gasteiger partial charge in [0.25, 0.3) is 5.91 Å². The van der Waals surface area contributed by atoms with E-state index in [-0.39, 0.29) is 18.3 Å². The third-order valence-corrected chi connectivity index (χ3v) is 6.29. The predicted octanol–water partition coefficient (Wildman–Crippen LogP) is 6.24.